The minimum absolute atomic E-state index is 0.127. The number of nitrogens with zero attached hydrogens (tertiary/aromatic N) is 2. The third-order valence-electron chi connectivity index (χ3n) is 3.70. The number of nitrogens with one attached hydrogen (secondary N) is 1. The van der Waals surface area contributed by atoms with Crippen molar-refractivity contribution in [2.75, 3.05) is 5.32 Å². The first kappa shape index (κ1) is 11.9. The first-order valence-corrected chi connectivity index (χ1v) is 6.44. The van der Waals surface area contributed by atoms with E-state index in [2.05, 4.69) is 17.2 Å². The molecule has 2 aromatic rings. The quantitative estimate of drug-likeness (QED) is 0.673. The van der Waals surface area contributed by atoms with E-state index in [1.54, 1.807) is 30.6 Å². The lowest BCUT2D eigenvalue weighted by molar-refractivity contribution is -0.383. The van der Waals surface area contributed by atoms with E-state index in [0.717, 1.165) is 17.0 Å². The second-order valence-electron chi connectivity index (χ2n) is 5.08. The minimum Gasteiger partial charge on any atom is -0.382 e. The van der Waals surface area contributed by atoms with Crippen molar-refractivity contribution in [2.45, 2.75) is 25.8 Å². The van der Waals surface area contributed by atoms with E-state index < -0.39 is 0 Å². The molecule has 1 aromatic carbocycles. The van der Waals surface area contributed by atoms with Crippen molar-refractivity contribution >= 4 is 22.1 Å². The van der Waals surface area contributed by atoms with Crippen molar-refractivity contribution in [1.29, 1.82) is 0 Å². The number of nitro groups is 1. The number of hydrogen-bond donors (Lipinski definition) is 1. The molecular weight excluding hydrogens is 242 g/mol. The van der Waals surface area contributed by atoms with Gasteiger partial charge in [-0.2, -0.15) is 0 Å². The van der Waals surface area contributed by atoms with Gasteiger partial charge in [-0.05, 0) is 37.8 Å². The molecule has 0 spiro atoms. The summed E-state index contributed by atoms with van der Waals surface area (Å²) in [6.45, 7) is 2.15. The fraction of sp³-hybridized carbons (Fsp3) is 0.357. The Morgan fingerprint density at radius 3 is 2.84 bits per heavy atom. The standard InChI is InChI=1S/C14H15N3O2/c1-9(10-2-3-10)16-13-4-5-14(17(18)19)11-6-7-15-8-12(11)13/h4-10,16H,2-3H2,1H3. The maximum atomic E-state index is 11.0. The first-order valence-electron chi connectivity index (χ1n) is 6.44. The number of anilines is 1. The molecule has 0 amide bonds. The van der Waals surface area contributed by atoms with Gasteiger partial charge in [-0.1, -0.05) is 0 Å². The minimum atomic E-state index is -0.351. The normalized spacial score (nSPS) is 16.3. The Hall–Kier alpha value is -2.17. The molecule has 1 N–H and O–H groups in total. The van der Waals surface area contributed by atoms with Gasteiger partial charge in [0.2, 0.25) is 0 Å². The van der Waals surface area contributed by atoms with Gasteiger partial charge in [0.25, 0.3) is 5.69 Å². The molecule has 1 atom stereocenters. The highest BCUT2D eigenvalue weighted by Crippen LogP contribution is 2.36. The van der Waals surface area contributed by atoms with Crippen LogP contribution < -0.4 is 5.32 Å². The van der Waals surface area contributed by atoms with Gasteiger partial charge in [0, 0.05) is 35.6 Å². The molecule has 0 aliphatic heterocycles. The van der Waals surface area contributed by atoms with E-state index >= 15 is 0 Å². The maximum absolute atomic E-state index is 11.0. The molecule has 0 radical (unpaired) electrons. The second-order valence-corrected chi connectivity index (χ2v) is 5.08. The van der Waals surface area contributed by atoms with E-state index in [9.17, 15) is 10.1 Å². The average Bonchev–Trinajstić information content (AvgIpc) is 3.23. The Labute approximate surface area is 110 Å². The highest BCUT2D eigenvalue weighted by atomic mass is 16.6. The highest BCUT2D eigenvalue weighted by Gasteiger charge is 2.28. The van der Waals surface area contributed by atoms with E-state index in [1.165, 1.54) is 12.8 Å². The summed E-state index contributed by atoms with van der Waals surface area (Å²) >= 11 is 0. The summed E-state index contributed by atoms with van der Waals surface area (Å²) in [6.07, 6.45) is 5.79. The van der Waals surface area contributed by atoms with Crippen molar-refractivity contribution in [3.8, 4) is 0 Å². The summed E-state index contributed by atoms with van der Waals surface area (Å²) in [5, 5.41) is 15.9. The molecule has 1 unspecified atom stereocenters. The second kappa shape index (κ2) is 4.50. The van der Waals surface area contributed by atoms with Gasteiger partial charge in [0.1, 0.15) is 0 Å². The Morgan fingerprint density at radius 1 is 1.37 bits per heavy atom. The van der Waals surface area contributed by atoms with E-state index in [0.29, 0.717) is 11.4 Å². The third-order valence-corrected chi connectivity index (χ3v) is 3.70. The van der Waals surface area contributed by atoms with Crippen molar-refractivity contribution in [1.82, 2.24) is 4.98 Å². The Morgan fingerprint density at radius 2 is 2.16 bits per heavy atom. The van der Waals surface area contributed by atoms with Gasteiger partial charge < -0.3 is 5.32 Å². The lowest BCUT2D eigenvalue weighted by atomic mass is 10.1. The van der Waals surface area contributed by atoms with Gasteiger partial charge in [0.05, 0.1) is 10.3 Å². The van der Waals surface area contributed by atoms with E-state index in [1.807, 2.05) is 0 Å². The molecule has 3 rings (SSSR count). The SMILES string of the molecule is CC(Nc1ccc([N+](=O)[O-])c2ccncc12)C1CC1. The van der Waals surface area contributed by atoms with Gasteiger partial charge in [-0.3, -0.25) is 15.1 Å². The van der Waals surface area contributed by atoms with Gasteiger partial charge in [-0.15, -0.1) is 0 Å². The summed E-state index contributed by atoms with van der Waals surface area (Å²) in [6, 6.07) is 5.43. The highest BCUT2D eigenvalue weighted by molar-refractivity contribution is 5.99. The van der Waals surface area contributed by atoms with E-state index in [-0.39, 0.29) is 10.6 Å². The van der Waals surface area contributed by atoms with Crippen LogP contribution in [-0.2, 0) is 0 Å². The molecule has 19 heavy (non-hydrogen) atoms. The number of pyridine rings is 1. The first-order chi connectivity index (χ1) is 9.16. The molecular formula is C14H15N3O2. The lowest BCUT2D eigenvalue weighted by Gasteiger charge is -2.16. The summed E-state index contributed by atoms with van der Waals surface area (Å²) < 4.78 is 0. The summed E-state index contributed by atoms with van der Waals surface area (Å²) in [5.41, 5.74) is 1.05. The largest absolute Gasteiger partial charge is 0.382 e. The fourth-order valence-electron chi connectivity index (χ4n) is 2.42. The zero-order chi connectivity index (χ0) is 13.4. The van der Waals surface area contributed by atoms with Crippen LogP contribution in [0.4, 0.5) is 11.4 Å². The van der Waals surface area contributed by atoms with Gasteiger partial charge in [0.15, 0.2) is 0 Å². The Bertz CT molecular complexity index is 638. The predicted octanol–water partition coefficient (Wildman–Crippen LogP) is 3.35. The van der Waals surface area contributed by atoms with Crippen LogP contribution in [0.1, 0.15) is 19.8 Å². The zero-order valence-electron chi connectivity index (χ0n) is 10.7. The smallest absolute Gasteiger partial charge is 0.277 e. The molecule has 1 aliphatic carbocycles. The maximum Gasteiger partial charge on any atom is 0.277 e. The monoisotopic (exact) mass is 257 g/mol. The molecule has 1 aromatic heterocycles. The molecule has 0 bridgehead atoms. The van der Waals surface area contributed by atoms with Crippen LogP contribution in [0.25, 0.3) is 10.8 Å². The molecule has 1 saturated carbocycles. The molecule has 98 valence electrons. The van der Waals surface area contributed by atoms with Crippen LogP contribution in [0, 0.1) is 16.0 Å². The Balaban J connectivity index is 2.05. The number of hydrogen-bond acceptors (Lipinski definition) is 4. The van der Waals surface area contributed by atoms with Crippen LogP contribution in [0.2, 0.25) is 0 Å². The average molecular weight is 257 g/mol. The Kier molecular flexibility index (Phi) is 2.81. The van der Waals surface area contributed by atoms with Gasteiger partial charge >= 0.3 is 0 Å². The number of aromatic nitrogens is 1. The van der Waals surface area contributed by atoms with Crippen molar-refractivity contribution < 1.29 is 4.92 Å². The number of fused-ring (bicyclic) bond motifs is 1. The van der Waals surface area contributed by atoms with Crippen molar-refractivity contribution in [2.24, 2.45) is 5.92 Å². The van der Waals surface area contributed by atoms with Crippen LogP contribution in [0.3, 0.4) is 0 Å². The number of rotatable bonds is 4. The van der Waals surface area contributed by atoms with Crippen molar-refractivity contribution in [3.05, 3.63) is 40.7 Å². The number of nitro benzene ring substituents is 1. The van der Waals surface area contributed by atoms with Crippen LogP contribution >= 0.6 is 0 Å². The lowest BCUT2D eigenvalue weighted by Crippen LogP contribution is -2.17. The zero-order valence-corrected chi connectivity index (χ0v) is 10.7. The summed E-state index contributed by atoms with van der Waals surface area (Å²) in [4.78, 5) is 14.8. The molecule has 0 saturated heterocycles. The molecule has 5 nitrogen and oxygen atoms in total. The summed E-state index contributed by atoms with van der Waals surface area (Å²) in [7, 11) is 0. The van der Waals surface area contributed by atoms with Gasteiger partial charge in [-0.25, -0.2) is 0 Å². The third kappa shape index (κ3) is 2.23. The molecule has 1 fully saturated rings. The van der Waals surface area contributed by atoms with Crippen LogP contribution in [0.15, 0.2) is 30.6 Å². The fourth-order valence-corrected chi connectivity index (χ4v) is 2.42. The number of benzene rings is 1. The molecule has 5 heteroatoms. The molecule has 1 aliphatic rings. The van der Waals surface area contributed by atoms with Crippen LogP contribution in [0.5, 0.6) is 0 Å². The molecule has 1 heterocycles. The van der Waals surface area contributed by atoms with E-state index in [4.69, 9.17) is 0 Å². The topological polar surface area (TPSA) is 68.1 Å². The number of non-ortho nitro benzene ring substituents is 1. The predicted molar refractivity (Wildman–Crippen MR) is 74.2 cm³/mol. The van der Waals surface area contributed by atoms with Crippen molar-refractivity contribution in [3.63, 3.8) is 0 Å². The van der Waals surface area contributed by atoms with Crippen LogP contribution in [-0.4, -0.2) is 15.9 Å². The summed E-state index contributed by atoms with van der Waals surface area (Å²) in [5.74, 6) is 0.724.